The smallest absolute Gasteiger partial charge is 0.140 e. The Kier molecular flexibility index (Phi) is 5.69. The number of benzene rings is 2. The standard InChI is InChI=1S/C18H19FN2O2/c1-21(11-13-3-8-17(19)15(9-13)10-20)18(12-22)14-4-6-16(23-2)7-5-14/h3-9,18,22H,11-12H2,1-2H3. The van der Waals surface area contributed by atoms with Crippen LogP contribution in [0, 0.1) is 17.1 Å². The lowest BCUT2D eigenvalue weighted by atomic mass is 10.0. The van der Waals surface area contributed by atoms with Gasteiger partial charge in [0, 0.05) is 6.54 Å². The molecule has 0 aliphatic carbocycles. The van der Waals surface area contributed by atoms with E-state index in [9.17, 15) is 9.50 Å². The van der Waals surface area contributed by atoms with Gasteiger partial charge in [-0.25, -0.2) is 4.39 Å². The van der Waals surface area contributed by atoms with Crippen LogP contribution < -0.4 is 4.74 Å². The second kappa shape index (κ2) is 7.73. The predicted molar refractivity (Wildman–Crippen MR) is 85.4 cm³/mol. The van der Waals surface area contributed by atoms with E-state index >= 15 is 0 Å². The van der Waals surface area contributed by atoms with Gasteiger partial charge in [0.25, 0.3) is 0 Å². The number of hydrogen-bond acceptors (Lipinski definition) is 4. The zero-order valence-electron chi connectivity index (χ0n) is 13.2. The summed E-state index contributed by atoms with van der Waals surface area (Å²) < 4.78 is 18.5. The van der Waals surface area contributed by atoms with Gasteiger partial charge in [-0.2, -0.15) is 5.26 Å². The second-order valence-electron chi connectivity index (χ2n) is 5.31. The number of rotatable bonds is 6. The van der Waals surface area contributed by atoms with Crippen molar-refractivity contribution in [1.82, 2.24) is 4.90 Å². The summed E-state index contributed by atoms with van der Waals surface area (Å²) in [5, 5.41) is 18.6. The summed E-state index contributed by atoms with van der Waals surface area (Å²) >= 11 is 0. The fourth-order valence-corrected chi connectivity index (χ4v) is 2.48. The molecule has 5 heteroatoms. The first-order valence-corrected chi connectivity index (χ1v) is 7.22. The molecule has 0 saturated heterocycles. The van der Waals surface area contributed by atoms with Crippen molar-refractivity contribution in [1.29, 1.82) is 5.26 Å². The fourth-order valence-electron chi connectivity index (χ4n) is 2.48. The molecule has 1 unspecified atom stereocenters. The highest BCUT2D eigenvalue weighted by molar-refractivity contribution is 5.34. The van der Waals surface area contributed by atoms with Crippen LogP contribution in [0.15, 0.2) is 42.5 Å². The number of nitriles is 1. The zero-order valence-corrected chi connectivity index (χ0v) is 13.2. The topological polar surface area (TPSA) is 56.5 Å². The first-order chi connectivity index (χ1) is 11.1. The highest BCUT2D eigenvalue weighted by atomic mass is 19.1. The van der Waals surface area contributed by atoms with E-state index in [1.54, 1.807) is 13.2 Å². The van der Waals surface area contributed by atoms with E-state index in [1.165, 1.54) is 12.1 Å². The van der Waals surface area contributed by atoms with Crippen molar-refractivity contribution in [2.45, 2.75) is 12.6 Å². The van der Waals surface area contributed by atoms with Crippen LogP contribution >= 0.6 is 0 Å². The fraction of sp³-hybridized carbons (Fsp3) is 0.278. The number of aliphatic hydroxyl groups excluding tert-OH is 1. The first-order valence-electron chi connectivity index (χ1n) is 7.22. The van der Waals surface area contributed by atoms with Crippen LogP contribution in [0.2, 0.25) is 0 Å². The van der Waals surface area contributed by atoms with Gasteiger partial charge in [0.2, 0.25) is 0 Å². The molecule has 2 aromatic carbocycles. The van der Waals surface area contributed by atoms with E-state index in [4.69, 9.17) is 10.00 Å². The van der Waals surface area contributed by atoms with E-state index in [2.05, 4.69) is 0 Å². The lowest BCUT2D eigenvalue weighted by molar-refractivity contribution is 0.142. The Morgan fingerprint density at radius 1 is 1.26 bits per heavy atom. The minimum absolute atomic E-state index is 0.0286. The van der Waals surface area contributed by atoms with E-state index < -0.39 is 5.82 Å². The molecule has 0 bridgehead atoms. The average Bonchev–Trinajstić information content (AvgIpc) is 2.58. The van der Waals surface area contributed by atoms with Crippen molar-refractivity contribution in [3.05, 3.63) is 65.0 Å². The van der Waals surface area contributed by atoms with E-state index in [-0.39, 0.29) is 18.2 Å². The van der Waals surface area contributed by atoms with Gasteiger partial charge in [-0.3, -0.25) is 4.90 Å². The predicted octanol–water partition coefficient (Wildman–Crippen LogP) is 2.87. The molecule has 2 aromatic rings. The van der Waals surface area contributed by atoms with E-state index in [0.717, 1.165) is 16.9 Å². The molecule has 0 aliphatic heterocycles. The minimum Gasteiger partial charge on any atom is -0.497 e. The van der Waals surface area contributed by atoms with Gasteiger partial charge >= 0.3 is 0 Å². The average molecular weight is 314 g/mol. The molecule has 0 heterocycles. The third-order valence-corrected chi connectivity index (χ3v) is 3.79. The maximum atomic E-state index is 13.4. The number of ether oxygens (including phenoxy) is 1. The molecule has 1 atom stereocenters. The van der Waals surface area contributed by atoms with Gasteiger partial charge < -0.3 is 9.84 Å². The van der Waals surface area contributed by atoms with Gasteiger partial charge in [0.05, 0.1) is 25.3 Å². The van der Waals surface area contributed by atoms with Crippen LogP contribution in [0.1, 0.15) is 22.7 Å². The number of methoxy groups -OCH3 is 1. The normalized spacial score (nSPS) is 12.0. The van der Waals surface area contributed by atoms with Crippen LogP contribution in [0.5, 0.6) is 5.75 Å². The van der Waals surface area contributed by atoms with Crippen LogP contribution in [-0.2, 0) is 6.54 Å². The third-order valence-electron chi connectivity index (χ3n) is 3.79. The van der Waals surface area contributed by atoms with Gasteiger partial charge in [-0.05, 0) is 42.4 Å². The molecular weight excluding hydrogens is 295 g/mol. The SMILES string of the molecule is COc1ccc(C(CO)N(C)Cc2ccc(F)c(C#N)c2)cc1. The van der Waals surface area contributed by atoms with Crippen molar-refractivity contribution in [3.8, 4) is 11.8 Å². The number of aliphatic hydroxyl groups is 1. The third kappa shape index (κ3) is 4.07. The Labute approximate surface area is 135 Å². The number of nitrogens with zero attached hydrogens (tertiary/aromatic N) is 2. The first kappa shape index (κ1) is 16.9. The van der Waals surface area contributed by atoms with Crippen LogP contribution in [0.25, 0.3) is 0 Å². The Balaban J connectivity index is 2.16. The quantitative estimate of drug-likeness (QED) is 0.891. The van der Waals surface area contributed by atoms with Crippen LogP contribution in [-0.4, -0.2) is 30.8 Å². The molecule has 2 rings (SSSR count). The second-order valence-corrected chi connectivity index (χ2v) is 5.31. The molecule has 23 heavy (non-hydrogen) atoms. The molecule has 0 aromatic heterocycles. The summed E-state index contributed by atoms with van der Waals surface area (Å²) in [6.45, 7) is 0.446. The Morgan fingerprint density at radius 3 is 2.52 bits per heavy atom. The molecule has 120 valence electrons. The Bertz CT molecular complexity index is 695. The summed E-state index contributed by atoms with van der Waals surface area (Å²) in [5.74, 6) is 0.234. The van der Waals surface area contributed by atoms with Gasteiger partial charge in [0.1, 0.15) is 17.6 Å². The molecule has 0 spiro atoms. The summed E-state index contributed by atoms with van der Waals surface area (Å²) in [6.07, 6.45) is 0. The molecule has 4 nitrogen and oxygen atoms in total. The number of hydrogen-bond donors (Lipinski definition) is 1. The van der Waals surface area contributed by atoms with Gasteiger partial charge in [-0.15, -0.1) is 0 Å². The van der Waals surface area contributed by atoms with E-state index in [1.807, 2.05) is 42.3 Å². The van der Waals surface area contributed by atoms with Crippen molar-refractivity contribution in [3.63, 3.8) is 0 Å². The number of halogens is 1. The highest BCUT2D eigenvalue weighted by Crippen LogP contribution is 2.23. The van der Waals surface area contributed by atoms with Crippen molar-refractivity contribution in [2.24, 2.45) is 0 Å². The largest absolute Gasteiger partial charge is 0.497 e. The van der Waals surface area contributed by atoms with Crippen LogP contribution in [0.4, 0.5) is 4.39 Å². The monoisotopic (exact) mass is 314 g/mol. The number of likely N-dealkylation sites (N-methyl/N-ethyl adjacent to an activating group) is 1. The van der Waals surface area contributed by atoms with Gasteiger partial charge in [-0.1, -0.05) is 18.2 Å². The molecule has 0 aliphatic rings. The lowest BCUT2D eigenvalue weighted by Crippen LogP contribution is -2.27. The van der Waals surface area contributed by atoms with Gasteiger partial charge in [0.15, 0.2) is 0 Å². The lowest BCUT2D eigenvalue weighted by Gasteiger charge is -2.27. The van der Waals surface area contributed by atoms with Crippen LogP contribution in [0.3, 0.4) is 0 Å². The Morgan fingerprint density at radius 2 is 1.96 bits per heavy atom. The molecule has 0 radical (unpaired) electrons. The molecule has 1 N–H and O–H groups in total. The van der Waals surface area contributed by atoms with Crippen molar-refractivity contribution < 1.29 is 14.2 Å². The van der Waals surface area contributed by atoms with Crippen molar-refractivity contribution in [2.75, 3.05) is 20.8 Å². The maximum absolute atomic E-state index is 13.4. The highest BCUT2D eigenvalue weighted by Gasteiger charge is 2.17. The van der Waals surface area contributed by atoms with Crippen molar-refractivity contribution >= 4 is 0 Å². The summed E-state index contributed by atoms with van der Waals surface area (Å²) in [7, 11) is 3.48. The molecular formula is C18H19FN2O2. The van der Waals surface area contributed by atoms with E-state index in [0.29, 0.717) is 6.54 Å². The molecule has 0 amide bonds. The summed E-state index contributed by atoms with van der Waals surface area (Å²) in [4.78, 5) is 1.95. The summed E-state index contributed by atoms with van der Waals surface area (Å²) in [5.41, 5.74) is 1.80. The minimum atomic E-state index is -0.521. The summed E-state index contributed by atoms with van der Waals surface area (Å²) in [6, 6.07) is 13.6. The Hall–Kier alpha value is -2.42. The molecule has 0 fully saturated rings. The molecule has 0 saturated carbocycles. The maximum Gasteiger partial charge on any atom is 0.140 e. The zero-order chi connectivity index (χ0) is 16.8.